The highest BCUT2D eigenvalue weighted by Crippen LogP contribution is 2.26. The van der Waals surface area contributed by atoms with Gasteiger partial charge < -0.3 is 14.8 Å². The second-order valence-electron chi connectivity index (χ2n) is 6.18. The van der Waals surface area contributed by atoms with E-state index in [0.717, 1.165) is 0 Å². The Morgan fingerprint density at radius 1 is 1.28 bits per heavy atom. The Balaban J connectivity index is 1.70. The number of aromatic nitrogens is 1. The summed E-state index contributed by atoms with van der Waals surface area (Å²) < 4.78 is 1.73. The minimum atomic E-state index is -0.419. The van der Waals surface area contributed by atoms with Gasteiger partial charge in [-0.2, -0.15) is 0 Å². The van der Waals surface area contributed by atoms with Crippen LogP contribution in [0.2, 0.25) is 0 Å². The van der Waals surface area contributed by atoms with Gasteiger partial charge in [-0.1, -0.05) is 6.07 Å². The standard InChI is InChI=1S/C17H20N4O4/c1-18-17(23)12-5-8-19(9-6-12)16(22)11-20-10-7-13-14(20)3-2-4-15(13)21(24)25/h2-4,7,10,12H,5-6,8-9,11H2,1H3,(H,18,23). The van der Waals surface area contributed by atoms with Crippen molar-refractivity contribution in [2.24, 2.45) is 5.92 Å². The number of rotatable bonds is 4. The topological polar surface area (TPSA) is 97.5 Å². The molecule has 0 atom stereocenters. The number of non-ortho nitro benzene ring substituents is 1. The molecule has 1 saturated heterocycles. The van der Waals surface area contributed by atoms with Crippen LogP contribution in [0.15, 0.2) is 30.5 Å². The molecular formula is C17H20N4O4. The van der Waals surface area contributed by atoms with Gasteiger partial charge in [-0.3, -0.25) is 19.7 Å². The van der Waals surface area contributed by atoms with Gasteiger partial charge in [-0.05, 0) is 25.0 Å². The quantitative estimate of drug-likeness (QED) is 0.672. The van der Waals surface area contributed by atoms with Crippen molar-refractivity contribution in [3.05, 3.63) is 40.6 Å². The van der Waals surface area contributed by atoms with Crippen LogP contribution in [0.3, 0.4) is 0 Å². The van der Waals surface area contributed by atoms with Crippen LogP contribution in [0.1, 0.15) is 12.8 Å². The number of fused-ring (bicyclic) bond motifs is 1. The number of hydrogen-bond acceptors (Lipinski definition) is 4. The maximum Gasteiger partial charge on any atom is 0.278 e. The molecule has 8 heteroatoms. The number of nitrogens with one attached hydrogen (secondary N) is 1. The Kier molecular flexibility index (Phi) is 4.69. The summed E-state index contributed by atoms with van der Waals surface area (Å²) >= 11 is 0. The summed E-state index contributed by atoms with van der Waals surface area (Å²) in [7, 11) is 1.62. The molecule has 3 rings (SSSR count). The molecule has 1 aliphatic rings. The lowest BCUT2D eigenvalue weighted by atomic mass is 9.96. The number of hydrogen-bond donors (Lipinski definition) is 1. The number of nitro groups is 1. The maximum absolute atomic E-state index is 12.5. The number of carbonyl (C=O) groups excluding carboxylic acids is 2. The highest BCUT2D eigenvalue weighted by Gasteiger charge is 2.27. The van der Waals surface area contributed by atoms with Crippen LogP contribution in [-0.2, 0) is 16.1 Å². The van der Waals surface area contributed by atoms with Crippen molar-refractivity contribution >= 4 is 28.4 Å². The zero-order chi connectivity index (χ0) is 18.0. The molecule has 0 radical (unpaired) electrons. The first-order valence-corrected chi connectivity index (χ1v) is 8.23. The van der Waals surface area contributed by atoms with Crippen molar-refractivity contribution < 1.29 is 14.5 Å². The molecule has 0 aliphatic carbocycles. The van der Waals surface area contributed by atoms with Crippen LogP contribution in [0.4, 0.5) is 5.69 Å². The lowest BCUT2D eigenvalue weighted by Gasteiger charge is -2.31. The smallest absolute Gasteiger partial charge is 0.278 e. The van der Waals surface area contributed by atoms with E-state index >= 15 is 0 Å². The number of amides is 2. The third-order valence-corrected chi connectivity index (χ3v) is 4.76. The Labute approximate surface area is 144 Å². The fraction of sp³-hybridized carbons (Fsp3) is 0.412. The summed E-state index contributed by atoms with van der Waals surface area (Å²) in [5.41, 5.74) is 0.706. The summed E-state index contributed by atoms with van der Waals surface area (Å²) in [6.07, 6.45) is 3.01. The summed E-state index contributed by atoms with van der Waals surface area (Å²) in [6, 6.07) is 6.51. The van der Waals surface area contributed by atoms with E-state index in [2.05, 4.69) is 5.32 Å². The van der Waals surface area contributed by atoms with E-state index in [-0.39, 0.29) is 30.0 Å². The van der Waals surface area contributed by atoms with E-state index in [1.54, 1.807) is 40.9 Å². The third kappa shape index (κ3) is 3.33. The number of likely N-dealkylation sites (tertiary alicyclic amines) is 1. The number of benzene rings is 1. The SMILES string of the molecule is CNC(=O)C1CCN(C(=O)Cn2ccc3c([N+](=O)[O-])cccc32)CC1. The van der Waals surface area contributed by atoms with Crippen LogP contribution >= 0.6 is 0 Å². The van der Waals surface area contributed by atoms with Gasteiger partial charge in [0.1, 0.15) is 6.54 Å². The van der Waals surface area contributed by atoms with Gasteiger partial charge in [-0.15, -0.1) is 0 Å². The van der Waals surface area contributed by atoms with Crippen molar-refractivity contribution in [3.8, 4) is 0 Å². The molecular weight excluding hydrogens is 324 g/mol. The summed E-state index contributed by atoms with van der Waals surface area (Å²) in [6.45, 7) is 1.24. The highest BCUT2D eigenvalue weighted by molar-refractivity contribution is 5.90. The molecule has 2 aromatic rings. The second-order valence-corrected chi connectivity index (χ2v) is 6.18. The molecule has 0 spiro atoms. The molecule has 1 fully saturated rings. The van der Waals surface area contributed by atoms with E-state index in [0.29, 0.717) is 36.8 Å². The molecule has 2 amide bonds. The van der Waals surface area contributed by atoms with Crippen LogP contribution in [0, 0.1) is 16.0 Å². The van der Waals surface area contributed by atoms with E-state index in [9.17, 15) is 19.7 Å². The van der Waals surface area contributed by atoms with Gasteiger partial charge in [0, 0.05) is 38.3 Å². The van der Waals surface area contributed by atoms with Crippen LogP contribution in [0.25, 0.3) is 10.9 Å². The molecule has 8 nitrogen and oxygen atoms in total. The molecule has 2 heterocycles. The summed E-state index contributed by atoms with van der Waals surface area (Å²) in [5, 5.41) is 14.3. The van der Waals surface area contributed by atoms with Crippen molar-refractivity contribution in [2.75, 3.05) is 20.1 Å². The van der Waals surface area contributed by atoms with Crippen molar-refractivity contribution in [3.63, 3.8) is 0 Å². The van der Waals surface area contributed by atoms with E-state index in [1.165, 1.54) is 6.07 Å². The highest BCUT2D eigenvalue weighted by atomic mass is 16.6. The van der Waals surface area contributed by atoms with Crippen molar-refractivity contribution in [1.29, 1.82) is 0 Å². The molecule has 132 valence electrons. The zero-order valence-electron chi connectivity index (χ0n) is 14.0. The van der Waals surface area contributed by atoms with E-state index < -0.39 is 4.92 Å². The Hall–Kier alpha value is -2.90. The Bertz CT molecular complexity index is 821. The molecule has 0 bridgehead atoms. The maximum atomic E-state index is 12.5. The predicted molar refractivity (Wildman–Crippen MR) is 92.0 cm³/mol. The third-order valence-electron chi connectivity index (χ3n) is 4.76. The normalized spacial score (nSPS) is 15.3. The molecule has 1 aromatic heterocycles. The first-order chi connectivity index (χ1) is 12.0. The van der Waals surface area contributed by atoms with Crippen molar-refractivity contribution in [1.82, 2.24) is 14.8 Å². The summed E-state index contributed by atoms with van der Waals surface area (Å²) in [4.78, 5) is 36.6. The largest absolute Gasteiger partial charge is 0.359 e. The van der Waals surface area contributed by atoms with Gasteiger partial charge >= 0.3 is 0 Å². The Morgan fingerprint density at radius 3 is 2.64 bits per heavy atom. The van der Waals surface area contributed by atoms with Crippen molar-refractivity contribution in [2.45, 2.75) is 19.4 Å². The van der Waals surface area contributed by atoms with E-state index in [1.807, 2.05) is 0 Å². The average molecular weight is 344 g/mol. The lowest BCUT2D eigenvalue weighted by molar-refractivity contribution is -0.383. The number of carbonyl (C=O) groups is 2. The van der Waals surface area contributed by atoms with Crippen LogP contribution < -0.4 is 5.32 Å². The van der Waals surface area contributed by atoms with Crippen LogP contribution in [-0.4, -0.2) is 46.3 Å². The van der Waals surface area contributed by atoms with Gasteiger partial charge in [0.05, 0.1) is 15.8 Å². The van der Waals surface area contributed by atoms with E-state index in [4.69, 9.17) is 0 Å². The monoisotopic (exact) mass is 344 g/mol. The van der Waals surface area contributed by atoms with Gasteiger partial charge in [-0.25, -0.2) is 0 Å². The Morgan fingerprint density at radius 2 is 2.00 bits per heavy atom. The molecule has 0 unspecified atom stereocenters. The minimum Gasteiger partial charge on any atom is -0.359 e. The summed E-state index contributed by atoms with van der Waals surface area (Å²) in [5.74, 6) is -0.0562. The minimum absolute atomic E-state index is 0.0239. The average Bonchev–Trinajstić information content (AvgIpc) is 3.04. The predicted octanol–water partition coefficient (Wildman–Crippen LogP) is 1.53. The van der Waals surface area contributed by atoms with Crippen LogP contribution in [0.5, 0.6) is 0 Å². The fourth-order valence-electron chi connectivity index (χ4n) is 3.35. The number of nitro benzene ring substituents is 1. The second kappa shape index (κ2) is 6.92. The molecule has 25 heavy (non-hydrogen) atoms. The van der Waals surface area contributed by atoms with Gasteiger partial charge in [0.2, 0.25) is 11.8 Å². The number of piperidine rings is 1. The molecule has 1 aliphatic heterocycles. The first kappa shape index (κ1) is 16.9. The molecule has 1 N–H and O–H groups in total. The number of nitrogens with zero attached hydrogens (tertiary/aromatic N) is 3. The lowest BCUT2D eigenvalue weighted by Crippen LogP contribution is -2.43. The van der Waals surface area contributed by atoms with Gasteiger partial charge in [0.15, 0.2) is 0 Å². The zero-order valence-corrected chi connectivity index (χ0v) is 14.0. The fourth-order valence-corrected chi connectivity index (χ4v) is 3.35. The van der Waals surface area contributed by atoms with Gasteiger partial charge in [0.25, 0.3) is 5.69 Å². The molecule has 0 saturated carbocycles. The first-order valence-electron chi connectivity index (χ1n) is 8.23. The molecule has 1 aromatic carbocycles.